The molecule has 1 aliphatic rings. The predicted octanol–water partition coefficient (Wildman–Crippen LogP) is 0.910. The summed E-state index contributed by atoms with van der Waals surface area (Å²) in [7, 11) is 0. The fourth-order valence-corrected chi connectivity index (χ4v) is 2.73. The Labute approximate surface area is 137 Å². The van der Waals surface area contributed by atoms with Crippen molar-refractivity contribution in [2.75, 3.05) is 19.7 Å². The summed E-state index contributed by atoms with van der Waals surface area (Å²) >= 11 is 6.12. The number of benzene rings is 1. The average Bonchev–Trinajstić information content (AvgIpc) is 2.76. The second kappa shape index (κ2) is 9.31. The molecule has 0 unspecified atom stereocenters. The largest absolute Gasteiger partial charge is 0.480 e. The molecule has 0 aromatic heterocycles. The number of rotatable bonds is 4. The molecule has 4 N–H and O–H groups in total. The number of carboxylic acid groups (broad SMARTS) is 1. The lowest BCUT2D eigenvalue weighted by Gasteiger charge is -2.10. The zero-order valence-electron chi connectivity index (χ0n) is 11.6. The summed E-state index contributed by atoms with van der Waals surface area (Å²) in [6.45, 7) is 0.0802. The van der Waals surface area contributed by atoms with Gasteiger partial charge >= 0.3 is 5.97 Å². The third-order valence-electron chi connectivity index (χ3n) is 2.39. The van der Waals surface area contributed by atoms with Gasteiger partial charge in [0.25, 0.3) is 5.91 Å². The van der Waals surface area contributed by atoms with Crippen LogP contribution in [-0.4, -0.2) is 51.0 Å². The predicted molar refractivity (Wildman–Crippen MR) is 90.1 cm³/mol. The molecule has 0 spiro atoms. The van der Waals surface area contributed by atoms with E-state index in [9.17, 15) is 9.59 Å². The number of thiocarbonyl (C=S) groups is 1. The molecule has 1 aromatic rings. The monoisotopic (exact) mass is 340 g/mol. The summed E-state index contributed by atoms with van der Waals surface area (Å²) < 4.78 is 0.282. The highest BCUT2D eigenvalue weighted by molar-refractivity contribution is 8.26. The van der Waals surface area contributed by atoms with Gasteiger partial charge in [-0.25, -0.2) is 0 Å². The first-order chi connectivity index (χ1) is 10.5. The normalized spacial score (nSPS) is 15.7. The zero-order chi connectivity index (χ0) is 16.5. The number of nitrogens with two attached hydrogens (primary N) is 1. The maximum atomic E-state index is 11.9. The number of carboxylic acids is 1. The molecule has 1 aliphatic heterocycles. The minimum Gasteiger partial charge on any atom is -0.480 e. The molecule has 8 heteroatoms. The van der Waals surface area contributed by atoms with Gasteiger partial charge in [0.15, 0.2) is 0 Å². The van der Waals surface area contributed by atoms with Gasteiger partial charge in [0.2, 0.25) is 0 Å². The van der Waals surface area contributed by atoms with Gasteiger partial charge < -0.3 is 15.9 Å². The summed E-state index contributed by atoms with van der Waals surface area (Å²) in [5, 5.41) is 16.5. The summed E-state index contributed by atoms with van der Waals surface area (Å²) in [6.07, 6.45) is 1.71. The average molecular weight is 340 g/mol. The maximum absolute atomic E-state index is 11.9. The van der Waals surface area contributed by atoms with Crippen LogP contribution >= 0.6 is 24.0 Å². The van der Waals surface area contributed by atoms with E-state index in [1.54, 1.807) is 6.08 Å². The van der Waals surface area contributed by atoms with Crippen LogP contribution in [0.25, 0.3) is 6.08 Å². The van der Waals surface area contributed by atoms with E-state index in [0.29, 0.717) is 11.4 Å². The molecule has 0 bridgehead atoms. The number of aliphatic carboxylic acids is 1. The molecule has 6 nitrogen and oxygen atoms in total. The van der Waals surface area contributed by atoms with Gasteiger partial charge in [-0.2, -0.15) is 0 Å². The van der Waals surface area contributed by atoms with Crippen LogP contribution in [0.2, 0.25) is 0 Å². The number of amides is 1. The smallest absolute Gasteiger partial charge is 0.323 e. The molecular formula is C14H16N2O4S2. The van der Waals surface area contributed by atoms with Crippen LogP contribution in [0.3, 0.4) is 0 Å². The van der Waals surface area contributed by atoms with Crippen molar-refractivity contribution in [1.82, 2.24) is 4.90 Å². The number of hydrogen-bond donors (Lipinski definition) is 3. The van der Waals surface area contributed by atoms with E-state index in [0.717, 1.165) is 22.2 Å². The van der Waals surface area contributed by atoms with Crippen molar-refractivity contribution in [2.24, 2.45) is 5.73 Å². The van der Waals surface area contributed by atoms with E-state index >= 15 is 0 Å². The molecule has 1 saturated heterocycles. The van der Waals surface area contributed by atoms with Gasteiger partial charge in [-0.3, -0.25) is 14.5 Å². The van der Waals surface area contributed by atoms with E-state index in [-0.39, 0.29) is 16.8 Å². The van der Waals surface area contributed by atoms with Crippen molar-refractivity contribution in [3.63, 3.8) is 0 Å². The van der Waals surface area contributed by atoms with E-state index in [1.165, 1.54) is 0 Å². The lowest BCUT2D eigenvalue weighted by Crippen LogP contribution is -2.33. The topological polar surface area (TPSA) is 104 Å². The Kier molecular flexibility index (Phi) is 7.75. The fraction of sp³-hybridized carbons (Fsp3) is 0.214. The molecule has 1 fully saturated rings. The van der Waals surface area contributed by atoms with Crippen LogP contribution in [0.5, 0.6) is 0 Å². The molecule has 0 aliphatic carbocycles. The quantitative estimate of drug-likeness (QED) is 0.553. The molecule has 0 saturated carbocycles. The Balaban J connectivity index is 0.000000541. The van der Waals surface area contributed by atoms with Crippen molar-refractivity contribution in [3.8, 4) is 0 Å². The van der Waals surface area contributed by atoms with Crippen LogP contribution in [0.1, 0.15) is 5.56 Å². The lowest BCUT2D eigenvalue weighted by molar-refractivity contribution is -0.140. The Morgan fingerprint density at radius 3 is 2.45 bits per heavy atom. The number of aliphatic hydroxyl groups is 1. The Bertz CT molecular complexity index is 573. The first-order valence-electron chi connectivity index (χ1n) is 6.32. The number of hydrogen-bond acceptors (Lipinski definition) is 6. The van der Waals surface area contributed by atoms with E-state index in [1.807, 2.05) is 30.3 Å². The molecule has 0 radical (unpaired) electrons. The number of thioether (sulfide) groups is 1. The van der Waals surface area contributed by atoms with Gasteiger partial charge in [-0.1, -0.05) is 54.3 Å². The summed E-state index contributed by atoms with van der Waals surface area (Å²) in [5.74, 6) is -1.43. The van der Waals surface area contributed by atoms with Crippen molar-refractivity contribution >= 4 is 46.3 Å². The van der Waals surface area contributed by atoms with E-state index in [2.05, 4.69) is 0 Å². The molecule has 2 rings (SSSR count). The molecule has 118 valence electrons. The zero-order valence-corrected chi connectivity index (χ0v) is 13.3. The van der Waals surface area contributed by atoms with Crippen LogP contribution < -0.4 is 5.73 Å². The molecule has 1 aromatic carbocycles. The summed E-state index contributed by atoms with van der Waals surface area (Å²) in [6, 6.07) is 9.34. The molecule has 0 atom stereocenters. The van der Waals surface area contributed by atoms with Gasteiger partial charge in [0.1, 0.15) is 10.9 Å². The van der Waals surface area contributed by atoms with Gasteiger partial charge in [0.05, 0.1) is 11.5 Å². The van der Waals surface area contributed by atoms with Crippen LogP contribution in [0.15, 0.2) is 35.2 Å². The van der Waals surface area contributed by atoms with Crippen molar-refractivity contribution in [2.45, 2.75) is 0 Å². The Hall–Kier alpha value is -1.74. The van der Waals surface area contributed by atoms with E-state index < -0.39 is 12.5 Å². The molecular weight excluding hydrogens is 324 g/mol. The maximum Gasteiger partial charge on any atom is 0.323 e. The highest BCUT2D eigenvalue weighted by atomic mass is 32.2. The standard InChI is InChI=1S/C12H9NO3S2.C2H7NO/c14-10(15)7-13-11(16)9(18-12(13)17)6-8-4-2-1-3-5-8;3-1-2-4/h1-6H,7H2,(H,14,15);4H,1-3H2/b9-6+;. The van der Waals surface area contributed by atoms with Gasteiger partial charge in [0, 0.05) is 6.54 Å². The van der Waals surface area contributed by atoms with Crippen molar-refractivity contribution in [1.29, 1.82) is 0 Å². The van der Waals surface area contributed by atoms with Crippen molar-refractivity contribution in [3.05, 3.63) is 40.8 Å². The first kappa shape index (κ1) is 18.3. The fourth-order valence-electron chi connectivity index (χ4n) is 1.47. The number of aliphatic hydroxyl groups excluding tert-OH is 1. The van der Waals surface area contributed by atoms with Crippen LogP contribution in [0, 0.1) is 0 Å². The summed E-state index contributed by atoms with van der Waals surface area (Å²) in [5.41, 5.74) is 5.66. The molecule has 22 heavy (non-hydrogen) atoms. The van der Waals surface area contributed by atoms with E-state index in [4.69, 9.17) is 28.2 Å². The number of carbonyl (C=O) groups excluding carboxylic acids is 1. The first-order valence-corrected chi connectivity index (χ1v) is 7.55. The number of carbonyl (C=O) groups is 2. The molecule has 1 amide bonds. The van der Waals surface area contributed by atoms with Crippen molar-refractivity contribution < 1.29 is 19.8 Å². The van der Waals surface area contributed by atoms with Gasteiger partial charge in [-0.15, -0.1) is 0 Å². The SMILES string of the molecule is NCCO.O=C(O)CN1C(=O)/C(=C\c2ccccc2)SC1=S. The highest BCUT2D eigenvalue weighted by Gasteiger charge is 2.33. The second-order valence-electron chi connectivity index (χ2n) is 4.08. The minimum absolute atomic E-state index is 0.0972. The Morgan fingerprint density at radius 1 is 1.36 bits per heavy atom. The summed E-state index contributed by atoms with van der Waals surface area (Å²) in [4.78, 5) is 24.1. The van der Waals surface area contributed by atoms with Gasteiger partial charge in [-0.05, 0) is 11.6 Å². The molecule has 1 heterocycles. The van der Waals surface area contributed by atoms with Crippen LogP contribution in [0.4, 0.5) is 0 Å². The lowest BCUT2D eigenvalue weighted by atomic mass is 10.2. The third kappa shape index (κ3) is 5.57. The highest BCUT2D eigenvalue weighted by Crippen LogP contribution is 2.32. The minimum atomic E-state index is -1.08. The third-order valence-corrected chi connectivity index (χ3v) is 3.77. The second-order valence-corrected chi connectivity index (χ2v) is 5.76. The Morgan fingerprint density at radius 2 is 1.95 bits per heavy atom. The van der Waals surface area contributed by atoms with Crippen LogP contribution in [-0.2, 0) is 9.59 Å². The number of nitrogens with zero attached hydrogens (tertiary/aromatic N) is 1.